The summed E-state index contributed by atoms with van der Waals surface area (Å²) in [6.45, 7) is 4.85. The van der Waals surface area contributed by atoms with Gasteiger partial charge >= 0.3 is 0 Å². The molecule has 5 nitrogen and oxygen atoms in total. The number of nitrogens with zero attached hydrogens (tertiary/aromatic N) is 1. The van der Waals surface area contributed by atoms with Crippen molar-refractivity contribution in [3.63, 3.8) is 0 Å². The number of likely N-dealkylation sites (tertiary alicyclic amines) is 1. The Balaban J connectivity index is 1.94. The van der Waals surface area contributed by atoms with Gasteiger partial charge in [-0.25, -0.2) is 13.1 Å². The molecule has 1 atom stereocenters. The van der Waals surface area contributed by atoms with E-state index >= 15 is 0 Å². The highest BCUT2D eigenvalue weighted by atomic mass is 32.2. The van der Waals surface area contributed by atoms with Gasteiger partial charge in [0.05, 0.1) is 5.75 Å². The highest BCUT2D eigenvalue weighted by Crippen LogP contribution is 2.12. The zero-order valence-electron chi connectivity index (χ0n) is 12.5. The molecule has 2 rings (SSSR count). The van der Waals surface area contributed by atoms with Crippen molar-refractivity contribution >= 4 is 15.9 Å². The van der Waals surface area contributed by atoms with Crippen molar-refractivity contribution < 1.29 is 13.2 Å². The zero-order chi connectivity index (χ0) is 15.5. The summed E-state index contributed by atoms with van der Waals surface area (Å²) < 4.78 is 27.1. The minimum absolute atomic E-state index is 0.0298. The molecule has 1 aliphatic heterocycles. The van der Waals surface area contributed by atoms with Crippen LogP contribution in [0.25, 0.3) is 0 Å². The van der Waals surface area contributed by atoms with Gasteiger partial charge in [0, 0.05) is 25.6 Å². The maximum Gasteiger partial charge on any atom is 0.222 e. The molecule has 1 amide bonds. The predicted molar refractivity (Wildman–Crippen MR) is 82.2 cm³/mol. The van der Waals surface area contributed by atoms with E-state index in [-0.39, 0.29) is 17.7 Å². The fourth-order valence-corrected chi connectivity index (χ4v) is 4.09. The lowest BCUT2D eigenvalue weighted by molar-refractivity contribution is -0.127. The van der Waals surface area contributed by atoms with E-state index in [1.165, 1.54) is 0 Å². The Bertz CT molecular complexity index is 613. The standard InChI is InChI=1S/C15H22N2O3S/c1-12-6-3-4-7-14(12)11-21(19,20)16-13(2)10-17-9-5-8-15(17)18/h3-4,6-7,13,16H,5,8-11H2,1-2H3/t13-/m0/s1. The van der Waals surface area contributed by atoms with Gasteiger partial charge in [0.1, 0.15) is 0 Å². The molecule has 0 aromatic heterocycles. The van der Waals surface area contributed by atoms with Crippen LogP contribution in [0.1, 0.15) is 30.9 Å². The van der Waals surface area contributed by atoms with Crippen LogP contribution in [0.4, 0.5) is 0 Å². The zero-order valence-corrected chi connectivity index (χ0v) is 13.3. The van der Waals surface area contributed by atoms with E-state index in [2.05, 4.69) is 4.72 Å². The number of rotatable bonds is 6. The van der Waals surface area contributed by atoms with Crippen molar-refractivity contribution in [2.24, 2.45) is 0 Å². The molecule has 0 spiro atoms. The largest absolute Gasteiger partial charge is 0.341 e. The van der Waals surface area contributed by atoms with Crippen LogP contribution in [0, 0.1) is 6.92 Å². The summed E-state index contributed by atoms with van der Waals surface area (Å²) in [5, 5.41) is 0. The normalized spacial score (nSPS) is 17.2. The Labute approximate surface area is 126 Å². The van der Waals surface area contributed by atoms with Gasteiger partial charge < -0.3 is 4.90 Å². The molecule has 0 radical (unpaired) electrons. The van der Waals surface area contributed by atoms with E-state index in [4.69, 9.17) is 0 Å². The van der Waals surface area contributed by atoms with E-state index < -0.39 is 10.0 Å². The molecule has 0 unspecified atom stereocenters. The van der Waals surface area contributed by atoms with Gasteiger partial charge in [-0.05, 0) is 31.4 Å². The maximum absolute atomic E-state index is 12.2. The van der Waals surface area contributed by atoms with Gasteiger partial charge in [0.15, 0.2) is 0 Å². The second-order valence-corrected chi connectivity index (χ2v) is 7.40. The summed E-state index contributed by atoms with van der Waals surface area (Å²) in [5.74, 6) is 0.0813. The Morgan fingerprint density at radius 2 is 2.05 bits per heavy atom. The summed E-state index contributed by atoms with van der Waals surface area (Å²) in [7, 11) is -3.40. The van der Waals surface area contributed by atoms with Crippen LogP contribution >= 0.6 is 0 Å². The van der Waals surface area contributed by atoms with Crippen LogP contribution in [0.5, 0.6) is 0 Å². The van der Waals surface area contributed by atoms with Crippen LogP contribution in [0.3, 0.4) is 0 Å². The Kier molecular flexibility index (Phi) is 5.00. The van der Waals surface area contributed by atoms with Gasteiger partial charge in [-0.3, -0.25) is 4.79 Å². The van der Waals surface area contributed by atoms with E-state index in [1.807, 2.05) is 31.2 Å². The fourth-order valence-electron chi connectivity index (χ4n) is 2.59. The second-order valence-electron chi connectivity index (χ2n) is 5.65. The van der Waals surface area contributed by atoms with Crippen molar-refractivity contribution in [1.82, 2.24) is 9.62 Å². The van der Waals surface area contributed by atoms with Gasteiger partial charge in [-0.15, -0.1) is 0 Å². The number of sulfonamides is 1. The van der Waals surface area contributed by atoms with Crippen molar-refractivity contribution in [2.75, 3.05) is 13.1 Å². The first kappa shape index (κ1) is 16.0. The van der Waals surface area contributed by atoms with Crippen molar-refractivity contribution in [1.29, 1.82) is 0 Å². The minimum atomic E-state index is -3.40. The topological polar surface area (TPSA) is 66.5 Å². The second kappa shape index (κ2) is 6.58. The van der Waals surface area contributed by atoms with E-state index in [0.717, 1.165) is 24.1 Å². The van der Waals surface area contributed by atoms with E-state index in [9.17, 15) is 13.2 Å². The molecule has 116 valence electrons. The number of carbonyl (C=O) groups is 1. The van der Waals surface area contributed by atoms with Gasteiger partial charge in [-0.2, -0.15) is 0 Å². The van der Waals surface area contributed by atoms with Gasteiger partial charge in [0.2, 0.25) is 15.9 Å². The lowest BCUT2D eigenvalue weighted by atomic mass is 10.1. The van der Waals surface area contributed by atoms with Crippen LogP contribution in [-0.2, 0) is 20.6 Å². The summed E-state index contributed by atoms with van der Waals surface area (Å²) in [6, 6.07) is 7.17. The first-order valence-electron chi connectivity index (χ1n) is 7.20. The number of hydrogen-bond donors (Lipinski definition) is 1. The molecule has 21 heavy (non-hydrogen) atoms. The number of nitrogens with one attached hydrogen (secondary N) is 1. The van der Waals surface area contributed by atoms with Crippen molar-refractivity contribution in [3.8, 4) is 0 Å². The molecule has 0 saturated carbocycles. The van der Waals surface area contributed by atoms with E-state index in [0.29, 0.717) is 13.0 Å². The Morgan fingerprint density at radius 1 is 1.33 bits per heavy atom. The highest BCUT2D eigenvalue weighted by Gasteiger charge is 2.24. The van der Waals surface area contributed by atoms with Gasteiger partial charge in [0.25, 0.3) is 0 Å². The summed E-state index contributed by atoms with van der Waals surface area (Å²) in [4.78, 5) is 13.3. The van der Waals surface area contributed by atoms with Crippen LogP contribution in [0.2, 0.25) is 0 Å². The molecule has 6 heteroatoms. The van der Waals surface area contributed by atoms with Gasteiger partial charge in [-0.1, -0.05) is 24.3 Å². The highest BCUT2D eigenvalue weighted by molar-refractivity contribution is 7.88. The Hall–Kier alpha value is -1.40. The smallest absolute Gasteiger partial charge is 0.222 e. The number of hydrogen-bond acceptors (Lipinski definition) is 3. The molecular weight excluding hydrogens is 288 g/mol. The first-order chi connectivity index (χ1) is 9.87. The van der Waals surface area contributed by atoms with Crippen molar-refractivity contribution in [2.45, 2.75) is 38.5 Å². The lowest BCUT2D eigenvalue weighted by Gasteiger charge is -2.21. The van der Waals surface area contributed by atoms with Crippen LogP contribution in [-0.4, -0.2) is 38.4 Å². The summed E-state index contributed by atoms with van der Waals surface area (Å²) in [6.07, 6.45) is 1.43. The molecule has 1 heterocycles. The maximum atomic E-state index is 12.2. The average molecular weight is 310 g/mol. The lowest BCUT2D eigenvalue weighted by Crippen LogP contribution is -2.42. The average Bonchev–Trinajstić information content (AvgIpc) is 2.77. The molecule has 0 aliphatic carbocycles. The first-order valence-corrected chi connectivity index (χ1v) is 8.85. The van der Waals surface area contributed by atoms with E-state index in [1.54, 1.807) is 11.8 Å². The number of benzene rings is 1. The third kappa shape index (κ3) is 4.54. The Morgan fingerprint density at radius 3 is 2.67 bits per heavy atom. The third-order valence-electron chi connectivity index (χ3n) is 3.65. The SMILES string of the molecule is Cc1ccccc1CS(=O)(=O)N[C@@H](C)CN1CCCC1=O. The third-order valence-corrected chi connectivity index (χ3v) is 5.11. The molecule has 1 saturated heterocycles. The summed E-state index contributed by atoms with van der Waals surface area (Å²) >= 11 is 0. The molecule has 1 aromatic rings. The molecule has 0 bridgehead atoms. The number of carbonyl (C=O) groups excluding carboxylic acids is 1. The molecule has 1 aliphatic rings. The molecule has 1 fully saturated rings. The predicted octanol–water partition coefficient (Wildman–Crippen LogP) is 1.43. The molecule has 1 N–H and O–H groups in total. The molecule has 1 aromatic carbocycles. The van der Waals surface area contributed by atoms with Crippen molar-refractivity contribution in [3.05, 3.63) is 35.4 Å². The summed E-state index contributed by atoms with van der Waals surface area (Å²) in [5.41, 5.74) is 1.76. The monoisotopic (exact) mass is 310 g/mol. The molecular formula is C15H22N2O3S. The number of aryl methyl sites for hydroxylation is 1. The fraction of sp³-hybridized carbons (Fsp3) is 0.533. The van der Waals surface area contributed by atoms with Crippen LogP contribution < -0.4 is 4.72 Å². The minimum Gasteiger partial charge on any atom is -0.341 e. The van der Waals surface area contributed by atoms with Crippen LogP contribution in [0.15, 0.2) is 24.3 Å². The quantitative estimate of drug-likeness (QED) is 0.864. The number of amides is 1.